The summed E-state index contributed by atoms with van der Waals surface area (Å²) in [5.41, 5.74) is 2.49. The molecule has 0 bridgehead atoms. The third-order valence-corrected chi connectivity index (χ3v) is 6.30. The van der Waals surface area contributed by atoms with E-state index in [1.54, 1.807) is 30.1 Å². The Morgan fingerprint density at radius 1 is 1.09 bits per heavy atom. The molecule has 2 aliphatic rings. The number of benzene rings is 1. The molecule has 7 nitrogen and oxygen atoms in total. The number of hydrogen-bond donors (Lipinski definition) is 0. The largest absolute Gasteiger partial charge is 0.490 e. The van der Waals surface area contributed by atoms with Crippen molar-refractivity contribution in [2.75, 3.05) is 24.6 Å². The first kappa shape index (κ1) is 20.7. The Morgan fingerprint density at radius 2 is 1.88 bits per heavy atom. The quantitative estimate of drug-likeness (QED) is 0.612. The Kier molecular flexibility index (Phi) is 5.90. The lowest BCUT2D eigenvalue weighted by atomic mass is 10.1. The van der Waals surface area contributed by atoms with Crippen LogP contribution >= 0.6 is 0 Å². The maximum absolute atomic E-state index is 12.7. The van der Waals surface area contributed by atoms with Crippen LogP contribution in [0.25, 0.3) is 11.3 Å². The molecule has 166 valence electrons. The van der Waals surface area contributed by atoms with Crippen LogP contribution < -0.4 is 15.2 Å². The van der Waals surface area contributed by atoms with Crippen molar-refractivity contribution < 1.29 is 9.47 Å². The number of hydrogen-bond acceptors (Lipinski definition) is 6. The molecule has 0 N–H and O–H groups in total. The molecule has 7 heteroatoms. The van der Waals surface area contributed by atoms with Gasteiger partial charge in [0.2, 0.25) is 5.95 Å². The first-order chi connectivity index (χ1) is 15.7. The van der Waals surface area contributed by atoms with Crippen molar-refractivity contribution in [1.29, 1.82) is 0 Å². The minimum atomic E-state index is -0.150. The zero-order valence-corrected chi connectivity index (χ0v) is 18.3. The highest BCUT2D eigenvalue weighted by Gasteiger charge is 2.28. The maximum Gasteiger partial charge on any atom is 0.255 e. The molecule has 2 aromatic heterocycles. The molecule has 5 rings (SSSR count). The van der Waals surface area contributed by atoms with Crippen molar-refractivity contribution in [3.05, 3.63) is 70.8 Å². The minimum absolute atomic E-state index is 0.0881. The summed E-state index contributed by atoms with van der Waals surface area (Å²) in [6.07, 6.45) is 8.24. The molecule has 0 spiro atoms. The summed E-state index contributed by atoms with van der Waals surface area (Å²) in [5, 5.41) is 0. The molecule has 0 radical (unpaired) electrons. The molecule has 32 heavy (non-hydrogen) atoms. The summed E-state index contributed by atoms with van der Waals surface area (Å²) in [6.45, 7) is 1.82. The van der Waals surface area contributed by atoms with Gasteiger partial charge >= 0.3 is 0 Å². The van der Waals surface area contributed by atoms with Crippen molar-refractivity contribution in [1.82, 2.24) is 14.5 Å². The summed E-state index contributed by atoms with van der Waals surface area (Å²) in [7, 11) is 1.77. The Bertz CT molecular complexity index is 1130. The predicted octanol–water partition coefficient (Wildman–Crippen LogP) is 3.74. The molecule has 2 fully saturated rings. The van der Waals surface area contributed by atoms with Gasteiger partial charge in [-0.3, -0.25) is 14.3 Å². The Balaban J connectivity index is 1.43. The second kappa shape index (κ2) is 9.12. The second-order valence-corrected chi connectivity index (χ2v) is 8.44. The summed E-state index contributed by atoms with van der Waals surface area (Å²) in [4.78, 5) is 23.7. The number of para-hydroxylation sites is 1. The SMILES string of the molecule is Cn1c(N2CCOC(c3ccccc3OC3CCCC3)C2)nc(-c2ccncc2)cc1=O. The molecule has 3 aromatic rings. The van der Waals surface area contributed by atoms with Crippen LogP contribution in [0.2, 0.25) is 0 Å². The van der Waals surface area contributed by atoms with E-state index >= 15 is 0 Å². The van der Waals surface area contributed by atoms with E-state index in [2.05, 4.69) is 16.0 Å². The Hall–Kier alpha value is -3.19. The normalized spacial score (nSPS) is 19.3. The second-order valence-electron chi connectivity index (χ2n) is 8.44. The van der Waals surface area contributed by atoms with Crippen LogP contribution in [0.4, 0.5) is 5.95 Å². The fraction of sp³-hybridized carbons (Fsp3) is 0.400. The number of anilines is 1. The van der Waals surface area contributed by atoms with Gasteiger partial charge in [-0.05, 0) is 43.9 Å². The number of rotatable bonds is 5. The number of ether oxygens (including phenoxy) is 2. The average Bonchev–Trinajstić information content (AvgIpc) is 3.35. The third-order valence-electron chi connectivity index (χ3n) is 6.30. The van der Waals surface area contributed by atoms with Gasteiger partial charge in [0, 0.05) is 43.2 Å². The van der Waals surface area contributed by atoms with Crippen molar-refractivity contribution in [2.24, 2.45) is 7.05 Å². The van der Waals surface area contributed by atoms with E-state index in [0.29, 0.717) is 31.3 Å². The highest BCUT2D eigenvalue weighted by molar-refractivity contribution is 5.59. The van der Waals surface area contributed by atoms with Crippen molar-refractivity contribution >= 4 is 5.95 Å². The first-order valence-corrected chi connectivity index (χ1v) is 11.3. The first-order valence-electron chi connectivity index (χ1n) is 11.3. The topological polar surface area (TPSA) is 69.5 Å². The van der Waals surface area contributed by atoms with E-state index in [1.807, 2.05) is 30.3 Å². The monoisotopic (exact) mass is 432 g/mol. The standard InChI is InChI=1S/C25H28N4O3/c1-28-24(30)16-21(18-10-12-26-13-11-18)27-25(28)29-14-15-31-23(17-29)20-8-4-5-9-22(20)32-19-6-2-3-7-19/h4-5,8-13,16,19,23H,2-3,6-7,14-15,17H2,1H3. The lowest BCUT2D eigenvalue weighted by Crippen LogP contribution is -2.41. The maximum atomic E-state index is 12.7. The average molecular weight is 433 g/mol. The van der Waals surface area contributed by atoms with Gasteiger partial charge in [0.05, 0.1) is 24.9 Å². The summed E-state index contributed by atoms with van der Waals surface area (Å²) in [6, 6.07) is 13.5. The molecular formula is C25H28N4O3. The highest BCUT2D eigenvalue weighted by Crippen LogP contribution is 2.34. The van der Waals surface area contributed by atoms with Gasteiger partial charge in [-0.15, -0.1) is 0 Å². The van der Waals surface area contributed by atoms with Crippen LogP contribution in [0.3, 0.4) is 0 Å². The van der Waals surface area contributed by atoms with E-state index in [1.165, 1.54) is 12.8 Å². The van der Waals surface area contributed by atoms with Gasteiger partial charge in [-0.2, -0.15) is 0 Å². The lowest BCUT2D eigenvalue weighted by molar-refractivity contribution is 0.0360. The fourth-order valence-electron chi connectivity index (χ4n) is 4.54. The summed E-state index contributed by atoms with van der Waals surface area (Å²) in [5.74, 6) is 1.55. The molecule has 1 atom stereocenters. The number of nitrogens with zero attached hydrogens (tertiary/aromatic N) is 4. The zero-order chi connectivity index (χ0) is 21.9. The van der Waals surface area contributed by atoms with Gasteiger partial charge in [-0.25, -0.2) is 4.98 Å². The molecule has 3 heterocycles. The Labute approximate surface area is 187 Å². The van der Waals surface area contributed by atoms with Crippen molar-refractivity contribution in [3.63, 3.8) is 0 Å². The van der Waals surface area contributed by atoms with E-state index in [0.717, 1.165) is 29.7 Å². The van der Waals surface area contributed by atoms with Crippen molar-refractivity contribution in [3.8, 4) is 17.0 Å². The number of aromatic nitrogens is 3. The van der Waals surface area contributed by atoms with Crippen LogP contribution in [0.5, 0.6) is 5.75 Å². The molecule has 1 aliphatic heterocycles. The van der Waals surface area contributed by atoms with Crippen LogP contribution in [-0.4, -0.2) is 40.3 Å². The van der Waals surface area contributed by atoms with Gasteiger partial charge in [0.25, 0.3) is 5.56 Å². The minimum Gasteiger partial charge on any atom is -0.490 e. The molecule has 1 aliphatic carbocycles. The van der Waals surface area contributed by atoms with E-state index in [9.17, 15) is 4.79 Å². The van der Waals surface area contributed by atoms with Gasteiger partial charge in [0.15, 0.2) is 0 Å². The highest BCUT2D eigenvalue weighted by atomic mass is 16.5. The molecule has 1 saturated carbocycles. The Morgan fingerprint density at radius 3 is 2.69 bits per heavy atom. The van der Waals surface area contributed by atoms with E-state index < -0.39 is 0 Å². The van der Waals surface area contributed by atoms with Gasteiger partial charge in [-0.1, -0.05) is 18.2 Å². The van der Waals surface area contributed by atoms with Gasteiger partial charge in [0.1, 0.15) is 11.9 Å². The van der Waals surface area contributed by atoms with Crippen LogP contribution in [0.15, 0.2) is 59.7 Å². The predicted molar refractivity (Wildman–Crippen MR) is 123 cm³/mol. The fourth-order valence-corrected chi connectivity index (χ4v) is 4.54. The van der Waals surface area contributed by atoms with Crippen LogP contribution in [0.1, 0.15) is 37.4 Å². The molecule has 1 unspecified atom stereocenters. The number of pyridine rings is 1. The summed E-state index contributed by atoms with van der Waals surface area (Å²) < 4.78 is 14.1. The lowest BCUT2D eigenvalue weighted by Gasteiger charge is -2.35. The third kappa shape index (κ3) is 4.25. The molecular weight excluding hydrogens is 404 g/mol. The van der Waals surface area contributed by atoms with Crippen LogP contribution in [-0.2, 0) is 11.8 Å². The number of morpholine rings is 1. The van der Waals surface area contributed by atoms with Gasteiger partial charge < -0.3 is 14.4 Å². The van der Waals surface area contributed by atoms with Crippen LogP contribution in [0, 0.1) is 0 Å². The molecule has 1 saturated heterocycles. The smallest absolute Gasteiger partial charge is 0.255 e. The van der Waals surface area contributed by atoms with Crippen molar-refractivity contribution in [2.45, 2.75) is 37.9 Å². The summed E-state index contributed by atoms with van der Waals surface area (Å²) >= 11 is 0. The zero-order valence-electron chi connectivity index (χ0n) is 18.3. The van der Waals surface area contributed by atoms with E-state index in [4.69, 9.17) is 14.5 Å². The molecule has 1 aromatic carbocycles. The van der Waals surface area contributed by atoms with E-state index in [-0.39, 0.29) is 17.8 Å². The molecule has 0 amide bonds.